The van der Waals surface area contributed by atoms with E-state index in [0.717, 1.165) is 29.6 Å². The van der Waals surface area contributed by atoms with Crippen LogP contribution in [0.25, 0.3) is 11.0 Å². The normalized spacial score (nSPS) is 16.0. The van der Waals surface area contributed by atoms with E-state index in [1.807, 2.05) is 43.3 Å². The van der Waals surface area contributed by atoms with E-state index in [2.05, 4.69) is 17.4 Å². The lowest BCUT2D eigenvalue weighted by molar-refractivity contribution is 0.0487. The molecule has 5 nitrogen and oxygen atoms in total. The summed E-state index contributed by atoms with van der Waals surface area (Å²) in [5.41, 5.74) is 2.36. The highest BCUT2D eigenvalue weighted by molar-refractivity contribution is 6.05. The van der Waals surface area contributed by atoms with Gasteiger partial charge in [-0.3, -0.25) is 4.79 Å². The molecule has 3 aromatic rings. The van der Waals surface area contributed by atoms with E-state index in [0.29, 0.717) is 31.9 Å². The number of amides is 1. The highest BCUT2D eigenvalue weighted by Gasteiger charge is 2.35. The largest absolute Gasteiger partial charge is 0.494 e. The molecule has 5 heteroatoms. The molecule has 4 rings (SSSR count). The highest BCUT2D eigenvalue weighted by atomic mass is 16.5. The maximum Gasteiger partial charge on any atom is 0.255 e. The number of fused-ring (bicyclic) bond motifs is 1. The fourth-order valence-electron chi connectivity index (χ4n) is 3.90. The summed E-state index contributed by atoms with van der Waals surface area (Å²) in [5, 5.41) is 3.98. The number of furan rings is 1. The van der Waals surface area contributed by atoms with Crippen molar-refractivity contribution in [3.05, 3.63) is 65.9 Å². The lowest BCUT2D eigenvalue weighted by Crippen LogP contribution is -2.44. The molecular formula is C23H25NO4. The molecule has 1 aliphatic rings. The molecule has 1 saturated heterocycles. The van der Waals surface area contributed by atoms with Crippen LogP contribution in [0.3, 0.4) is 0 Å². The highest BCUT2D eigenvalue weighted by Crippen LogP contribution is 2.35. The standard InChI is InChI=1S/C23H25NO4/c1-2-27-18-9-7-17(8-10-18)23(11-13-26-14-12-23)16-24-22(25)20-15-28-21-6-4-3-5-19(20)21/h3-10,15H,2,11-14,16H2,1H3,(H,24,25). The van der Waals surface area contributed by atoms with Gasteiger partial charge >= 0.3 is 0 Å². The molecule has 0 saturated carbocycles. The molecule has 1 aliphatic heterocycles. The topological polar surface area (TPSA) is 60.7 Å². The number of hydrogen-bond acceptors (Lipinski definition) is 4. The zero-order chi connectivity index (χ0) is 19.4. The molecule has 1 aromatic heterocycles. The number of carbonyl (C=O) groups is 1. The molecular weight excluding hydrogens is 354 g/mol. The first kappa shape index (κ1) is 18.6. The van der Waals surface area contributed by atoms with Gasteiger partial charge in [0.15, 0.2) is 0 Å². The molecule has 0 bridgehead atoms. The maximum atomic E-state index is 12.9. The van der Waals surface area contributed by atoms with Gasteiger partial charge in [-0.1, -0.05) is 30.3 Å². The Balaban J connectivity index is 1.54. The maximum absolute atomic E-state index is 12.9. The van der Waals surface area contributed by atoms with Crippen molar-refractivity contribution >= 4 is 16.9 Å². The predicted molar refractivity (Wildman–Crippen MR) is 108 cm³/mol. The first-order valence-corrected chi connectivity index (χ1v) is 9.77. The number of rotatable bonds is 6. The van der Waals surface area contributed by atoms with E-state index in [1.54, 1.807) is 0 Å². The average molecular weight is 379 g/mol. The molecule has 2 heterocycles. The SMILES string of the molecule is CCOc1ccc(C2(CNC(=O)c3coc4ccccc34)CCOCC2)cc1. The zero-order valence-electron chi connectivity index (χ0n) is 16.1. The Kier molecular flexibility index (Phi) is 5.35. The van der Waals surface area contributed by atoms with Gasteiger partial charge in [-0.05, 0) is 43.5 Å². The van der Waals surface area contributed by atoms with Gasteiger partial charge < -0.3 is 19.2 Å². The summed E-state index contributed by atoms with van der Waals surface area (Å²) in [6.45, 7) is 4.56. The smallest absolute Gasteiger partial charge is 0.255 e. The Bertz CT molecular complexity index is 939. The van der Waals surface area contributed by atoms with Crippen LogP contribution in [-0.2, 0) is 10.2 Å². The van der Waals surface area contributed by atoms with Gasteiger partial charge in [-0.2, -0.15) is 0 Å². The lowest BCUT2D eigenvalue weighted by atomic mass is 9.74. The summed E-state index contributed by atoms with van der Waals surface area (Å²) in [6.07, 6.45) is 3.27. The molecule has 0 aliphatic carbocycles. The van der Waals surface area contributed by atoms with Gasteiger partial charge in [0.1, 0.15) is 17.6 Å². The van der Waals surface area contributed by atoms with E-state index in [9.17, 15) is 4.79 Å². The van der Waals surface area contributed by atoms with Crippen LogP contribution in [-0.4, -0.2) is 32.3 Å². The average Bonchev–Trinajstić information content (AvgIpc) is 3.18. The second-order valence-corrected chi connectivity index (χ2v) is 7.18. The minimum atomic E-state index is -0.141. The van der Waals surface area contributed by atoms with Crippen molar-refractivity contribution in [1.29, 1.82) is 0 Å². The number of carbonyl (C=O) groups excluding carboxylic acids is 1. The minimum absolute atomic E-state index is 0.109. The third-order valence-electron chi connectivity index (χ3n) is 5.54. The van der Waals surface area contributed by atoms with Crippen LogP contribution < -0.4 is 10.1 Å². The Morgan fingerprint density at radius 2 is 1.86 bits per heavy atom. The molecule has 1 amide bonds. The van der Waals surface area contributed by atoms with Crippen molar-refractivity contribution in [3.63, 3.8) is 0 Å². The van der Waals surface area contributed by atoms with Crippen molar-refractivity contribution in [1.82, 2.24) is 5.32 Å². The Morgan fingerprint density at radius 1 is 1.11 bits per heavy atom. The third-order valence-corrected chi connectivity index (χ3v) is 5.54. The van der Waals surface area contributed by atoms with Crippen LogP contribution in [0.15, 0.2) is 59.2 Å². The number of benzene rings is 2. The van der Waals surface area contributed by atoms with Crippen molar-refractivity contribution in [2.24, 2.45) is 0 Å². The van der Waals surface area contributed by atoms with Gasteiger partial charge in [0, 0.05) is 30.6 Å². The van der Waals surface area contributed by atoms with E-state index >= 15 is 0 Å². The van der Waals surface area contributed by atoms with E-state index in [4.69, 9.17) is 13.9 Å². The zero-order valence-corrected chi connectivity index (χ0v) is 16.1. The third kappa shape index (κ3) is 3.62. The first-order chi connectivity index (χ1) is 13.7. The molecule has 0 unspecified atom stereocenters. The van der Waals surface area contributed by atoms with Gasteiger partial charge in [-0.15, -0.1) is 0 Å². The van der Waals surface area contributed by atoms with Crippen LogP contribution in [0.1, 0.15) is 35.7 Å². The number of ether oxygens (including phenoxy) is 2. The molecule has 1 fully saturated rings. The summed E-state index contributed by atoms with van der Waals surface area (Å²) < 4.78 is 16.7. The number of para-hydroxylation sites is 1. The van der Waals surface area contributed by atoms with Crippen molar-refractivity contribution in [2.75, 3.05) is 26.4 Å². The Hall–Kier alpha value is -2.79. The minimum Gasteiger partial charge on any atom is -0.494 e. The predicted octanol–water partition coefficient (Wildman–Crippen LogP) is 4.31. The number of hydrogen-bond donors (Lipinski definition) is 1. The van der Waals surface area contributed by atoms with Gasteiger partial charge in [0.05, 0.1) is 12.2 Å². The summed E-state index contributed by atoms with van der Waals surface area (Å²) in [6, 6.07) is 15.8. The summed E-state index contributed by atoms with van der Waals surface area (Å²) >= 11 is 0. The van der Waals surface area contributed by atoms with Crippen molar-refractivity contribution < 1.29 is 18.7 Å². The molecule has 0 spiro atoms. The van der Waals surface area contributed by atoms with E-state index in [-0.39, 0.29) is 11.3 Å². The number of nitrogens with one attached hydrogen (secondary N) is 1. The molecule has 0 radical (unpaired) electrons. The van der Waals surface area contributed by atoms with Crippen molar-refractivity contribution in [3.8, 4) is 5.75 Å². The van der Waals surface area contributed by atoms with Gasteiger partial charge in [0.2, 0.25) is 0 Å². The monoisotopic (exact) mass is 379 g/mol. The lowest BCUT2D eigenvalue weighted by Gasteiger charge is -2.38. The van der Waals surface area contributed by atoms with Gasteiger partial charge in [0.25, 0.3) is 5.91 Å². The van der Waals surface area contributed by atoms with E-state index in [1.165, 1.54) is 11.8 Å². The van der Waals surface area contributed by atoms with Crippen LogP contribution in [0.4, 0.5) is 0 Å². The molecule has 146 valence electrons. The summed E-state index contributed by atoms with van der Waals surface area (Å²) in [4.78, 5) is 12.9. The second kappa shape index (κ2) is 8.07. The van der Waals surface area contributed by atoms with Crippen LogP contribution in [0.2, 0.25) is 0 Å². The fourth-order valence-corrected chi connectivity index (χ4v) is 3.90. The van der Waals surface area contributed by atoms with Crippen LogP contribution >= 0.6 is 0 Å². The Labute approximate surface area is 164 Å². The van der Waals surface area contributed by atoms with Gasteiger partial charge in [-0.25, -0.2) is 0 Å². The molecule has 2 aromatic carbocycles. The fraction of sp³-hybridized carbons (Fsp3) is 0.348. The molecule has 0 atom stereocenters. The van der Waals surface area contributed by atoms with E-state index < -0.39 is 0 Å². The molecule has 28 heavy (non-hydrogen) atoms. The second-order valence-electron chi connectivity index (χ2n) is 7.18. The Morgan fingerprint density at radius 3 is 2.61 bits per heavy atom. The summed E-state index contributed by atoms with van der Waals surface area (Å²) in [7, 11) is 0. The van der Waals surface area contributed by atoms with Crippen LogP contribution in [0.5, 0.6) is 5.75 Å². The van der Waals surface area contributed by atoms with Crippen LogP contribution in [0, 0.1) is 0 Å². The first-order valence-electron chi connectivity index (χ1n) is 9.77. The summed E-state index contributed by atoms with van der Waals surface area (Å²) in [5.74, 6) is 0.754. The van der Waals surface area contributed by atoms with Crippen molar-refractivity contribution in [2.45, 2.75) is 25.2 Å². The molecule has 1 N–H and O–H groups in total. The quantitative estimate of drug-likeness (QED) is 0.693.